The molecule has 7 nitrogen and oxygen atoms in total. The molecule has 2 atom stereocenters. The van der Waals surface area contributed by atoms with Crippen molar-refractivity contribution >= 4 is 15.2 Å². The highest BCUT2D eigenvalue weighted by atomic mass is 31.2. The maximum Gasteiger partial charge on any atom is 0.343 e. The van der Waals surface area contributed by atoms with Gasteiger partial charge in [0, 0.05) is 6.04 Å². The average Bonchev–Trinajstić information content (AvgIpc) is 2.55. The molecule has 1 aliphatic heterocycles. The quantitative estimate of drug-likeness (QED) is 0.458. The van der Waals surface area contributed by atoms with Crippen LogP contribution in [0.5, 0.6) is 0 Å². The van der Waals surface area contributed by atoms with Crippen LogP contribution in [0.15, 0.2) is 0 Å². The van der Waals surface area contributed by atoms with Gasteiger partial charge in [0.25, 0.3) is 0 Å². The molecule has 0 aromatic carbocycles. The van der Waals surface area contributed by atoms with Gasteiger partial charge in [-0.05, 0) is 38.1 Å². The summed E-state index contributed by atoms with van der Waals surface area (Å²) in [6, 6.07) is -0.191. The fraction of sp³-hybridized carbons (Fsp3) is 1.00. The van der Waals surface area contributed by atoms with Crippen molar-refractivity contribution in [3.05, 3.63) is 0 Å². The highest BCUT2D eigenvalue weighted by Gasteiger charge is 2.65. The summed E-state index contributed by atoms with van der Waals surface area (Å²) < 4.78 is 23.0. The zero-order valence-electron chi connectivity index (χ0n) is 9.19. The second-order valence-corrected chi connectivity index (χ2v) is 9.18. The number of fused-ring (bicyclic) bond motifs is 1. The third kappa shape index (κ3) is 2.15. The van der Waals surface area contributed by atoms with Crippen molar-refractivity contribution in [3.8, 4) is 0 Å². The predicted octanol–water partition coefficient (Wildman–Crippen LogP) is 0.200. The van der Waals surface area contributed by atoms with Gasteiger partial charge in [-0.15, -0.1) is 0 Å². The Hall–Kier alpha value is 0.260. The van der Waals surface area contributed by atoms with Gasteiger partial charge in [0.1, 0.15) is 0 Å². The van der Waals surface area contributed by atoms with E-state index in [9.17, 15) is 28.7 Å². The van der Waals surface area contributed by atoms with E-state index in [4.69, 9.17) is 0 Å². The summed E-state index contributed by atoms with van der Waals surface area (Å²) in [4.78, 5) is 35.2. The smallest absolute Gasteiger partial charge is 0.324 e. The second-order valence-electron chi connectivity index (χ2n) is 4.94. The predicted molar refractivity (Wildman–Crippen MR) is 60.6 cm³/mol. The molecule has 1 saturated carbocycles. The van der Waals surface area contributed by atoms with Gasteiger partial charge < -0.3 is 24.9 Å². The molecular weight excluding hydrogens is 268 g/mol. The molecule has 100 valence electrons. The second kappa shape index (κ2) is 4.14. The Bertz CT molecular complexity index is 363. The Morgan fingerprint density at radius 2 is 1.65 bits per heavy atom. The van der Waals surface area contributed by atoms with Gasteiger partial charge in [-0.25, -0.2) is 0 Å². The molecule has 0 amide bonds. The summed E-state index contributed by atoms with van der Waals surface area (Å²) in [7, 11) is -9.68. The van der Waals surface area contributed by atoms with Crippen molar-refractivity contribution < 1.29 is 28.7 Å². The van der Waals surface area contributed by atoms with E-state index in [1.807, 2.05) is 0 Å². The van der Waals surface area contributed by atoms with Crippen molar-refractivity contribution in [1.29, 1.82) is 0 Å². The highest BCUT2D eigenvalue weighted by Crippen LogP contribution is 2.76. The summed E-state index contributed by atoms with van der Waals surface area (Å²) in [6.07, 6.45) is 1.39. The highest BCUT2D eigenvalue weighted by molar-refractivity contribution is 7.72. The van der Waals surface area contributed by atoms with E-state index < -0.39 is 20.1 Å². The molecule has 0 spiro atoms. The SMILES string of the molecule is O=P(O)(O)C1(P(=O)(O)O)C[C@H]2CCCN[C@H]2C1. The van der Waals surface area contributed by atoms with Crippen LogP contribution in [0.2, 0.25) is 0 Å². The minimum atomic E-state index is -4.84. The van der Waals surface area contributed by atoms with Crippen LogP contribution < -0.4 is 5.32 Å². The van der Waals surface area contributed by atoms with E-state index >= 15 is 0 Å². The fourth-order valence-electron chi connectivity index (χ4n) is 3.00. The van der Waals surface area contributed by atoms with Gasteiger partial charge in [0.05, 0.1) is 0 Å². The molecule has 1 aliphatic carbocycles. The lowest BCUT2D eigenvalue weighted by atomic mass is 9.94. The normalized spacial score (nSPS) is 33.4. The number of piperidine rings is 1. The average molecular weight is 285 g/mol. The van der Waals surface area contributed by atoms with Crippen molar-refractivity contribution in [2.24, 2.45) is 5.92 Å². The molecule has 0 unspecified atom stereocenters. The summed E-state index contributed by atoms with van der Waals surface area (Å²) in [5.74, 6) is -0.0519. The van der Waals surface area contributed by atoms with E-state index in [1.54, 1.807) is 0 Å². The van der Waals surface area contributed by atoms with E-state index in [2.05, 4.69) is 5.32 Å². The zero-order chi connectivity index (χ0) is 12.9. The minimum absolute atomic E-state index is 0.0519. The monoisotopic (exact) mass is 285 g/mol. The van der Waals surface area contributed by atoms with Gasteiger partial charge >= 0.3 is 15.2 Å². The summed E-state index contributed by atoms with van der Waals surface area (Å²) >= 11 is 0. The lowest BCUT2D eigenvalue weighted by Gasteiger charge is -2.30. The largest absolute Gasteiger partial charge is 0.343 e. The lowest BCUT2D eigenvalue weighted by molar-refractivity contribution is 0.303. The molecule has 0 radical (unpaired) electrons. The van der Waals surface area contributed by atoms with Crippen molar-refractivity contribution in [2.45, 2.75) is 36.6 Å². The molecule has 5 N–H and O–H groups in total. The fourth-order valence-corrected chi connectivity index (χ4v) is 6.17. The van der Waals surface area contributed by atoms with Gasteiger partial charge in [-0.3, -0.25) is 9.13 Å². The third-order valence-corrected chi connectivity index (χ3v) is 8.41. The number of nitrogens with one attached hydrogen (secondary N) is 1. The zero-order valence-corrected chi connectivity index (χ0v) is 11.0. The summed E-state index contributed by atoms with van der Waals surface area (Å²) in [6.45, 7) is 0.736. The van der Waals surface area contributed by atoms with Crippen LogP contribution in [-0.4, -0.2) is 37.1 Å². The van der Waals surface area contributed by atoms with Gasteiger partial charge in [0.15, 0.2) is 4.90 Å². The standard InChI is InChI=1S/C8H17NO6P2/c10-16(11,12)8(17(13,14)15)4-6-2-1-3-9-7(6)5-8/h6-7,9H,1-5H2,(H2,10,11,12)(H2,13,14,15)/t6-,7+/m1/s1. The Kier molecular flexibility index (Phi) is 3.33. The van der Waals surface area contributed by atoms with Crippen molar-refractivity contribution in [2.75, 3.05) is 6.54 Å². The van der Waals surface area contributed by atoms with E-state index in [0.717, 1.165) is 19.4 Å². The first-order chi connectivity index (χ1) is 7.67. The van der Waals surface area contributed by atoms with Crippen LogP contribution >= 0.6 is 15.2 Å². The van der Waals surface area contributed by atoms with Crippen molar-refractivity contribution in [3.63, 3.8) is 0 Å². The van der Waals surface area contributed by atoms with E-state index in [-0.39, 0.29) is 24.8 Å². The van der Waals surface area contributed by atoms with Crippen LogP contribution in [0.4, 0.5) is 0 Å². The number of rotatable bonds is 2. The molecule has 17 heavy (non-hydrogen) atoms. The molecule has 2 fully saturated rings. The molecule has 2 aliphatic rings. The maximum atomic E-state index is 11.5. The minimum Gasteiger partial charge on any atom is -0.324 e. The molecule has 2 rings (SSSR count). The summed E-state index contributed by atoms with van der Waals surface area (Å²) in [5, 5.41) is 3.09. The molecule has 1 heterocycles. The summed E-state index contributed by atoms with van der Waals surface area (Å²) in [5.41, 5.74) is 0. The van der Waals surface area contributed by atoms with Gasteiger partial charge in [-0.1, -0.05) is 0 Å². The lowest BCUT2D eigenvalue weighted by Crippen LogP contribution is -2.38. The Morgan fingerprint density at radius 3 is 2.12 bits per heavy atom. The molecule has 9 heteroatoms. The van der Waals surface area contributed by atoms with Crippen LogP contribution in [-0.2, 0) is 9.13 Å². The Labute approximate surface area is 98.9 Å². The Morgan fingerprint density at radius 1 is 1.06 bits per heavy atom. The molecule has 1 saturated heterocycles. The van der Waals surface area contributed by atoms with E-state index in [1.165, 1.54) is 0 Å². The number of hydrogen-bond donors (Lipinski definition) is 5. The number of hydrogen-bond acceptors (Lipinski definition) is 3. The first-order valence-corrected chi connectivity index (χ1v) is 8.74. The van der Waals surface area contributed by atoms with Crippen molar-refractivity contribution in [1.82, 2.24) is 5.32 Å². The van der Waals surface area contributed by atoms with Gasteiger partial charge in [0.2, 0.25) is 0 Å². The molecule has 0 bridgehead atoms. The topological polar surface area (TPSA) is 127 Å². The van der Waals surface area contributed by atoms with E-state index in [0.29, 0.717) is 0 Å². The Balaban J connectivity index is 2.39. The van der Waals surface area contributed by atoms with Crippen LogP contribution in [0, 0.1) is 5.92 Å². The van der Waals surface area contributed by atoms with Gasteiger partial charge in [-0.2, -0.15) is 0 Å². The molecule has 0 aromatic heterocycles. The van der Waals surface area contributed by atoms with Crippen LogP contribution in [0.1, 0.15) is 25.7 Å². The first kappa shape index (κ1) is 13.7. The third-order valence-electron chi connectivity index (χ3n) is 3.95. The molecular formula is C8H17NO6P2. The van der Waals surface area contributed by atoms with Crippen LogP contribution in [0.25, 0.3) is 0 Å². The first-order valence-electron chi connectivity index (χ1n) is 5.52. The van der Waals surface area contributed by atoms with Crippen LogP contribution in [0.3, 0.4) is 0 Å². The maximum absolute atomic E-state index is 11.5. The molecule has 0 aromatic rings.